The number of nitrogens with one attached hydrogen (secondary N) is 1. The van der Waals surface area contributed by atoms with Crippen molar-refractivity contribution in [2.24, 2.45) is 0 Å². The molecular formula is C19H20N4S. The van der Waals surface area contributed by atoms with Crippen molar-refractivity contribution in [2.45, 2.75) is 45.7 Å². The summed E-state index contributed by atoms with van der Waals surface area (Å²) in [6.07, 6.45) is 3.69. The van der Waals surface area contributed by atoms with E-state index < -0.39 is 0 Å². The van der Waals surface area contributed by atoms with Crippen LogP contribution in [0.3, 0.4) is 0 Å². The molecule has 1 aliphatic carbocycles. The SMILES string of the molecule is Cc1ccccc1C1NCc2nnc(C)n2-c2sc3c(c21)CCC3. The lowest BCUT2D eigenvalue weighted by Gasteiger charge is -2.21. The Hall–Kier alpha value is -1.98. The van der Waals surface area contributed by atoms with Crippen LogP contribution in [0.5, 0.6) is 0 Å². The summed E-state index contributed by atoms with van der Waals surface area (Å²) in [7, 11) is 0. The van der Waals surface area contributed by atoms with Crippen LogP contribution in [0.15, 0.2) is 24.3 Å². The highest BCUT2D eigenvalue weighted by Crippen LogP contribution is 2.44. The third-order valence-electron chi connectivity index (χ3n) is 5.29. The summed E-state index contributed by atoms with van der Waals surface area (Å²) in [6.45, 7) is 5.01. The standard InChI is InChI=1S/C19H20N4S/c1-11-6-3-4-7-13(11)18-17-14-8-5-9-15(14)24-19(17)23-12(2)21-22-16(23)10-20-18/h3-4,6-7,18,20H,5,8-10H2,1-2H3. The zero-order valence-electron chi connectivity index (χ0n) is 14.0. The van der Waals surface area contributed by atoms with Gasteiger partial charge in [0.25, 0.3) is 0 Å². The number of benzene rings is 1. The van der Waals surface area contributed by atoms with Crippen molar-refractivity contribution >= 4 is 11.3 Å². The van der Waals surface area contributed by atoms with Crippen molar-refractivity contribution in [3.63, 3.8) is 0 Å². The second-order valence-electron chi connectivity index (χ2n) is 6.75. The van der Waals surface area contributed by atoms with Crippen LogP contribution in [-0.2, 0) is 19.4 Å². The molecule has 3 heterocycles. The lowest BCUT2D eigenvalue weighted by molar-refractivity contribution is 0.593. The third kappa shape index (κ3) is 1.95. The highest BCUT2D eigenvalue weighted by atomic mass is 32.1. The fraction of sp³-hybridized carbons (Fsp3) is 0.368. The van der Waals surface area contributed by atoms with Gasteiger partial charge in [0.2, 0.25) is 0 Å². The Morgan fingerprint density at radius 1 is 1.17 bits per heavy atom. The number of nitrogens with zero attached hydrogens (tertiary/aromatic N) is 3. The normalized spacial score (nSPS) is 18.8. The third-order valence-corrected chi connectivity index (χ3v) is 6.58. The number of thiophene rings is 1. The summed E-state index contributed by atoms with van der Waals surface area (Å²) in [5.41, 5.74) is 5.75. The lowest BCUT2D eigenvalue weighted by atomic mass is 9.93. The number of aryl methyl sites for hydroxylation is 3. The van der Waals surface area contributed by atoms with Crippen LogP contribution in [-0.4, -0.2) is 14.8 Å². The maximum Gasteiger partial charge on any atom is 0.152 e. The molecule has 0 radical (unpaired) electrons. The van der Waals surface area contributed by atoms with E-state index in [-0.39, 0.29) is 6.04 Å². The largest absolute Gasteiger partial charge is 0.299 e. The Kier molecular flexibility index (Phi) is 3.15. The smallest absolute Gasteiger partial charge is 0.152 e. The average Bonchev–Trinajstić information content (AvgIpc) is 3.22. The summed E-state index contributed by atoms with van der Waals surface area (Å²) < 4.78 is 2.27. The molecule has 122 valence electrons. The van der Waals surface area contributed by atoms with Crippen molar-refractivity contribution < 1.29 is 0 Å². The fourth-order valence-corrected chi connectivity index (χ4v) is 5.63. The summed E-state index contributed by atoms with van der Waals surface area (Å²) in [5, 5.41) is 13.8. The molecule has 0 bridgehead atoms. The summed E-state index contributed by atoms with van der Waals surface area (Å²) in [6, 6.07) is 8.97. The Balaban J connectivity index is 1.79. The van der Waals surface area contributed by atoms with Crippen LogP contribution >= 0.6 is 11.3 Å². The Bertz CT molecular complexity index is 937. The van der Waals surface area contributed by atoms with Crippen LogP contribution in [0.25, 0.3) is 5.00 Å². The molecule has 5 rings (SSSR count). The number of fused-ring (bicyclic) bond motifs is 5. The number of hydrogen-bond acceptors (Lipinski definition) is 4. The van der Waals surface area contributed by atoms with Gasteiger partial charge in [-0.3, -0.25) is 9.88 Å². The van der Waals surface area contributed by atoms with E-state index in [0.717, 1.165) is 18.2 Å². The molecule has 3 aromatic rings. The van der Waals surface area contributed by atoms with Gasteiger partial charge in [0.15, 0.2) is 5.82 Å². The van der Waals surface area contributed by atoms with Gasteiger partial charge in [-0.15, -0.1) is 21.5 Å². The van der Waals surface area contributed by atoms with E-state index in [9.17, 15) is 0 Å². The van der Waals surface area contributed by atoms with Crippen molar-refractivity contribution in [2.75, 3.05) is 0 Å². The van der Waals surface area contributed by atoms with Crippen molar-refractivity contribution in [3.05, 3.63) is 63.0 Å². The molecule has 0 fully saturated rings. The number of aromatic nitrogens is 3. The van der Waals surface area contributed by atoms with Gasteiger partial charge in [-0.05, 0) is 49.8 Å². The van der Waals surface area contributed by atoms with Gasteiger partial charge >= 0.3 is 0 Å². The predicted octanol–water partition coefficient (Wildman–Crippen LogP) is 3.63. The molecule has 1 N–H and O–H groups in total. The van der Waals surface area contributed by atoms with Crippen LogP contribution in [0, 0.1) is 13.8 Å². The molecule has 2 aromatic heterocycles. The first-order chi connectivity index (χ1) is 11.7. The van der Waals surface area contributed by atoms with Gasteiger partial charge in [0, 0.05) is 10.4 Å². The maximum atomic E-state index is 4.41. The van der Waals surface area contributed by atoms with E-state index >= 15 is 0 Å². The van der Waals surface area contributed by atoms with Crippen molar-refractivity contribution in [1.29, 1.82) is 0 Å². The molecule has 0 spiro atoms. The predicted molar refractivity (Wildman–Crippen MR) is 95.9 cm³/mol. The summed E-state index contributed by atoms with van der Waals surface area (Å²) in [4.78, 5) is 1.56. The fourth-order valence-electron chi connectivity index (χ4n) is 4.13. The highest BCUT2D eigenvalue weighted by molar-refractivity contribution is 7.15. The van der Waals surface area contributed by atoms with E-state index in [1.807, 2.05) is 11.3 Å². The molecule has 24 heavy (non-hydrogen) atoms. The zero-order valence-corrected chi connectivity index (χ0v) is 14.8. The number of hydrogen-bond donors (Lipinski definition) is 1. The van der Waals surface area contributed by atoms with Gasteiger partial charge in [0.1, 0.15) is 10.8 Å². The molecule has 0 saturated carbocycles. The summed E-state index contributed by atoms with van der Waals surface area (Å²) >= 11 is 1.95. The van der Waals surface area contributed by atoms with Crippen molar-refractivity contribution in [3.8, 4) is 5.00 Å². The van der Waals surface area contributed by atoms with E-state index in [1.54, 1.807) is 10.4 Å². The molecule has 5 heteroatoms. The second kappa shape index (κ2) is 5.26. The van der Waals surface area contributed by atoms with Gasteiger partial charge in [-0.1, -0.05) is 24.3 Å². The van der Waals surface area contributed by atoms with E-state index in [4.69, 9.17) is 0 Å². The first-order valence-electron chi connectivity index (χ1n) is 8.58. The van der Waals surface area contributed by atoms with Crippen molar-refractivity contribution in [1.82, 2.24) is 20.1 Å². The highest BCUT2D eigenvalue weighted by Gasteiger charge is 2.33. The average molecular weight is 336 g/mol. The first-order valence-corrected chi connectivity index (χ1v) is 9.40. The van der Waals surface area contributed by atoms with Gasteiger partial charge < -0.3 is 0 Å². The van der Waals surface area contributed by atoms with Crippen LogP contribution < -0.4 is 5.32 Å². The maximum absolute atomic E-state index is 4.41. The second-order valence-corrected chi connectivity index (χ2v) is 7.83. The minimum absolute atomic E-state index is 0.236. The monoisotopic (exact) mass is 336 g/mol. The molecule has 1 unspecified atom stereocenters. The topological polar surface area (TPSA) is 42.7 Å². The van der Waals surface area contributed by atoms with Gasteiger partial charge in [-0.2, -0.15) is 0 Å². The molecule has 2 aliphatic rings. The van der Waals surface area contributed by atoms with E-state index in [2.05, 4.69) is 58.2 Å². The molecular weight excluding hydrogens is 316 g/mol. The van der Waals surface area contributed by atoms with Gasteiger partial charge in [0.05, 0.1) is 12.6 Å². The molecule has 1 atom stereocenters. The van der Waals surface area contributed by atoms with E-state index in [0.29, 0.717) is 0 Å². The molecule has 0 amide bonds. The first kappa shape index (κ1) is 14.4. The van der Waals surface area contributed by atoms with E-state index in [1.165, 1.54) is 41.0 Å². The Labute approximate surface area is 145 Å². The van der Waals surface area contributed by atoms with Crippen LogP contribution in [0.4, 0.5) is 0 Å². The molecule has 1 aromatic carbocycles. The Morgan fingerprint density at radius 3 is 2.92 bits per heavy atom. The Morgan fingerprint density at radius 2 is 2.04 bits per heavy atom. The quantitative estimate of drug-likeness (QED) is 0.738. The molecule has 4 nitrogen and oxygen atoms in total. The van der Waals surface area contributed by atoms with Crippen LogP contribution in [0.2, 0.25) is 0 Å². The minimum atomic E-state index is 0.236. The number of rotatable bonds is 1. The zero-order chi connectivity index (χ0) is 16.3. The van der Waals surface area contributed by atoms with Gasteiger partial charge in [-0.25, -0.2) is 0 Å². The molecule has 0 saturated heterocycles. The van der Waals surface area contributed by atoms with Crippen LogP contribution in [0.1, 0.15) is 51.2 Å². The lowest BCUT2D eigenvalue weighted by Crippen LogP contribution is -2.22. The minimum Gasteiger partial charge on any atom is -0.299 e. The summed E-state index contributed by atoms with van der Waals surface area (Å²) in [5.74, 6) is 2.00. The molecule has 1 aliphatic heterocycles.